The summed E-state index contributed by atoms with van der Waals surface area (Å²) in [4.78, 5) is 13.7. The second-order valence-corrected chi connectivity index (χ2v) is 6.23. The van der Waals surface area contributed by atoms with Crippen molar-refractivity contribution in [1.82, 2.24) is 4.90 Å². The van der Waals surface area contributed by atoms with Crippen molar-refractivity contribution in [3.63, 3.8) is 0 Å². The SMILES string of the molecule is CCC1(SC)CC2CCC(C1)N2C(C)=O. The molecule has 2 heterocycles. The van der Waals surface area contributed by atoms with Gasteiger partial charge in [0.05, 0.1) is 0 Å². The van der Waals surface area contributed by atoms with E-state index in [9.17, 15) is 4.79 Å². The number of nitrogens with zero attached hydrogens (tertiary/aromatic N) is 1. The molecule has 2 unspecified atom stereocenters. The first kappa shape index (κ1) is 11.3. The zero-order chi connectivity index (χ0) is 11.1. The van der Waals surface area contributed by atoms with Crippen LogP contribution in [0.2, 0.25) is 0 Å². The minimum Gasteiger partial charge on any atom is -0.337 e. The minimum absolute atomic E-state index is 0.285. The predicted octanol–water partition coefficient (Wildman–Crippen LogP) is 2.67. The fraction of sp³-hybridized carbons (Fsp3) is 0.917. The van der Waals surface area contributed by atoms with E-state index < -0.39 is 0 Å². The molecule has 0 N–H and O–H groups in total. The van der Waals surface area contributed by atoms with Crippen LogP contribution in [-0.2, 0) is 4.79 Å². The number of hydrogen-bond acceptors (Lipinski definition) is 2. The molecule has 0 aromatic rings. The van der Waals surface area contributed by atoms with Crippen LogP contribution in [0.1, 0.15) is 46.0 Å². The lowest BCUT2D eigenvalue weighted by molar-refractivity contribution is -0.133. The third-order valence-electron chi connectivity index (χ3n) is 4.28. The molecule has 2 nitrogen and oxygen atoms in total. The number of carbonyl (C=O) groups is 1. The van der Waals surface area contributed by atoms with Gasteiger partial charge >= 0.3 is 0 Å². The van der Waals surface area contributed by atoms with E-state index in [1.807, 2.05) is 11.8 Å². The number of hydrogen-bond donors (Lipinski definition) is 0. The molecular weight excluding hydrogens is 206 g/mol. The van der Waals surface area contributed by atoms with Gasteiger partial charge in [-0.15, -0.1) is 0 Å². The summed E-state index contributed by atoms with van der Waals surface area (Å²) in [6.07, 6.45) is 8.35. The van der Waals surface area contributed by atoms with Gasteiger partial charge in [-0.1, -0.05) is 6.92 Å². The van der Waals surface area contributed by atoms with Crippen LogP contribution >= 0.6 is 11.8 Å². The molecule has 0 aromatic heterocycles. The molecule has 2 atom stereocenters. The maximum Gasteiger partial charge on any atom is 0.219 e. The Labute approximate surface area is 96.8 Å². The smallest absolute Gasteiger partial charge is 0.219 e. The summed E-state index contributed by atoms with van der Waals surface area (Å²) in [5, 5.41) is 0. The number of amides is 1. The number of carbonyl (C=O) groups excluding carboxylic acids is 1. The molecule has 2 rings (SSSR count). The maximum atomic E-state index is 11.6. The first-order valence-electron chi connectivity index (χ1n) is 5.96. The van der Waals surface area contributed by atoms with Crippen molar-refractivity contribution in [2.24, 2.45) is 0 Å². The molecule has 1 amide bonds. The molecular formula is C12H21NOS. The molecule has 0 spiro atoms. The van der Waals surface area contributed by atoms with E-state index in [2.05, 4.69) is 18.1 Å². The van der Waals surface area contributed by atoms with E-state index in [0.29, 0.717) is 16.8 Å². The van der Waals surface area contributed by atoms with E-state index in [4.69, 9.17) is 0 Å². The molecule has 2 saturated heterocycles. The molecule has 0 aromatic carbocycles. The van der Waals surface area contributed by atoms with E-state index in [0.717, 1.165) is 0 Å². The van der Waals surface area contributed by atoms with E-state index in [-0.39, 0.29) is 5.91 Å². The van der Waals surface area contributed by atoms with Gasteiger partial charge in [-0.25, -0.2) is 0 Å². The van der Waals surface area contributed by atoms with Crippen molar-refractivity contribution in [2.45, 2.75) is 62.8 Å². The summed E-state index contributed by atoms with van der Waals surface area (Å²) in [6, 6.07) is 1.07. The average Bonchev–Trinajstić information content (AvgIpc) is 2.51. The monoisotopic (exact) mass is 227 g/mol. The van der Waals surface area contributed by atoms with Crippen molar-refractivity contribution in [1.29, 1.82) is 0 Å². The van der Waals surface area contributed by atoms with Crippen LogP contribution in [0.3, 0.4) is 0 Å². The predicted molar refractivity (Wildman–Crippen MR) is 65.1 cm³/mol. The first-order chi connectivity index (χ1) is 7.12. The van der Waals surface area contributed by atoms with Crippen molar-refractivity contribution >= 4 is 17.7 Å². The van der Waals surface area contributed by atoms with Crippen LogP contribution in [0.5, 0.6) is 0 Å². The van der Waals surface area contributed by atoms with Gasteiger partial charge < -0.3 is 4.90 Å². The topological polar surface area (TPSA) is 20.3 Å². The molecule has 15 heavy (non-hydrogen) atoms. The molecule has 0 aliphatic carbocycles. The fourth-order valence-electron chi connectivity index (χ4n) is 3.42. The van der Waals surface area contributed by atoms with E-state index in [1.165, 1.54) is 32.1 Å². The highest BCUT2D eigenvalue weighted by atomic mass is 32.2. The molecule has 2 aliphatic rings. The molecule has 2 aliphatic heterocycles. The summed E-state index contributed by atoms with van der Waals surface area (Å²) in [5.74, 6) is 0.285. The lowest BCUT2D eigenvalue weighted by Gasteiger charge is -2.45. The van der Waals surface area contributed by atoms with Crippen LogP contribution in [-0.4, -0.2) is 33.9 Å². The molecule has 86 valence electrons. The number of fused-ring (bicyclic) bond motifs is 2. The number of rotatable bonds is 2. The highest BCUT2D eigenvalue weighted by molar-refractivity contribution is 8.00. The van der Waals surface area contributed by atoms with E-state index >= 15 is 0 Å². The Morgan fingerprint density at radius 3 is 2.27 bits per heavy atom. The lowest BCUT2D eigenvalue weighted by Crippen LogP contribution is -2.51. The van der Waals surface area contributed by atoms with Crippen LogP contribution < -0.4 is 0 Å². The Morgan fingerprint density at radius 1 is 1.40 bits per heavy atom. The molecule has 3 heteroatoms. The largest absolute Gasteiger partial charge is 0.337 e. The maximum absolute atomic E-state index is 11.6. The Balaban J connectivity index is 2.17. The van der Waals surface area contributed by atoms with Gasteiger partial charge in [0.25, 0.3) is 0 Å². The summed E-state index contributed by atoms with van der Waals surface area (Å²) in [6.45, 7) is 4.02. The second kappa shape index (κ2) is 4.00. The number of piperidine rings is 1. The van der Waals surface area contributed by atoms with E-state index in [1.54, 1.807) is 6.92 Å². The fourth-order valence-corrected chi connectivity index (χ4v) is 4.42. The van der Waals surface area contributed by atoms with Crippen LogP contribution in [0.25, 0.3) is 0 Å². The third kappa shape index (κ3) is 1.79. The van der Waals surface area contributed by atoms with Gasteiger partial charge in [0, 0.05) is 23.8 Å². The van der Waals surface area contributed by atoms with Crippen molar-refractivity contribution in [3.05, 3.63) is 0 Å². The van der Waals surface area contributed by atoms with Gasteiger partial charge in [0.1, 0.15) is 0 Å². The minimum atomic E-state index is 0.285. The molecule has 2 bridgehead atoms. The molecule has 2 fully saturated rings. The van der Waals surface area contributed by atoms with Crippen LogP contribution in [0, 0.1) is 0 Å². The Bertz CT molecular complexity index is 246. The van der Waals surface area contributed by atoms with Crippen molar-refractivity contribution < 1.29 is 4.79 Å². The standard InChI is InChI=1S/C12H21NOS/c1-4-12(15-3)7-10-5-6-11(8-12)13(10)9(2)14/h10-11H,4-8H2,1-3H3. The van der Waals surface area contributed by atoms with Crippen LogP contribution in [0.15, 0.2) is 0 Å². The zero-order valence-electron chi connectivity index (χ0n) is 9.95. The number of thioether (sulfide) groups is 1. The quantitative estimate of drug-likeness (QED) is 0.723. The molecule has 0 radical (unpaired) electrons. The average molecular weight is 227 g/mol. The van der Waals surface area contributed by atoms with Gasteiger partial charge in [0.15, 0.2) is 0 Å². The summed E-state index contributed by atoms with van der Waals surface area (Å²) < 4.78 is 0.456. The first-order valence-corrected chi connectivity index (χ1v) is 7.18. The van der Waals surface area contributed by atoms with Gasteiger partial charge in [0.2, 0.25) is 5.91 Å². The summed E-state index contributed by atoms with van der Waals surface area (Å²) in [7, 11) is 0. The van der Waals surface area contributed by atoms with Crippen molar-refractivity contribution in [3.8, 4) is 0 Å². The lowest BCUT2D eigenvalue weighted by atomic mass is 9.87. The van der Waals surface area contributed by atoms with Gasteiger partial charge in [-0.3, -0.25) is 4.79 Å². The Hall–Kier alpha value is -0.180. The normalized spacial score (nSPS) is 39.5. The third-order valence-corrected chi connectivity index (χ3v) is 5.76. The Morgan fingerprint density at radius 2 is 1.93 bits per heavy atom. The van der Waals surface area contributed by atoms with Crippen molar-refractivity contribution in [2.75, 3.05) is 6.26 Å². The van der Waals surface area contributed by atoms with Gasteiger partial charge in [-0.2, -0.15) is 11.8 Å². The highest BCUT2D eigenvalue weighted by Crippen LogP contribution is 2.48. The molecule has 0 saturated carbocycles. The van der Waals surface area contributed by atoms with Crippen LogP contribution in [0.4, 0.5) is 0 Å². The highest BCUT2D eigenvalue weighted by Gasteiger charge is 2.47. The second-order valence-electron chi connectivity index (χ2n) is 4.96. The summed E-state index contributed by atoms with van der Waals surface area (Å²) in [5.41, 5.74) is 0. The Kier molecular flexibility index (Phi) is 3.02. The summed E-state index contributed by atoms with van der Waals surface area (Å²) >= 11 is 2.02. The zero-order valence-corrected chi connectivity index (χ0v) is 10.8. The van der Waals surface area contributed by atoms with Gasteiger partial charge in [-0.05, 0) is 38.4 Å².